The van der Waals surface area contributed by atoms with Crippen LogP contribution in [0.1, 0.15) is 28.7 Å². The molecule has 3 rings (SSSR count). The Morgan fingerprint density at radius 1 is 1.32 bits per heavy atom. The molecule has 4 N–H and O–H groups in total. The molecule has 0 amide bonds. The number of aryl methyl sites for hydroxylation is 1. The van der Waals surface area contributed by atoms with Gasteiger partial charge in [0.25, 0.3) is 0 Å². The van der Waals surface area contributed by atoms with E-state index in [1.807, 2.05) is 0 Å². The molecule has 1 fully saturated rings. The largest absolute Gasteiger partial charge is 0.352 e. The van der Waals surface area contributed by atoms with Gasteiger partial charge < -0.3 is 10.1 Å². The Morgan fingerprint density at radius 2 is 2.09 bits per heavy atom. The summed E-state index contributed by atoms with van der Waals surface area (Å²) in [4.78, 5) is 1.16. The molecule has 0 saturated carbocycles. The van der Waals surface area contributed by atoms with Gasteiger partial charge in [0.2, 0.25) is 0 Å². The van der Waals surface area contributed by atoms with Gasteiger partial charge in [-0.3, -0.25) is 5.84 Å². The van der Waals surface area contributed by atoms with Crippen LogP contribution in [0.4, 0.5) is 0 Å². The molecule has 1 aliphatic heterocycles. The van der Waals surface area contributed by atoms with Crippen LogP contribution in [0.2, 0.25) is 0 Å². The lowest BCUT2D eigenvalue weighted by atomic mass is 10.0. The fraction of sp³-hybridized carbons (Fsp3) is 0.412. The summed E-state index contributed by atoms with van der Waals surface area (Å²) in [5, 5.41) is 5.50. The van der Waals surface area contributed by atoms with Gasteiger partial charge in [0.15, 0.2) is 6.23 Å². The molecule has 2 aromatic rings. The van der Waals surface area contributed by atoms with Gasteiger partial charge >= 0.3 is 0 Å². The summed E-state index contributed by atoms with van der Waals surface area (Å²) in [7, 11) is 0. The van der Waals surface area contributed by atoms with E-state index >= 15 is 0 Å². The van der Waals surface area contributed by atoms with Crippen molar-refractivity contribution in [2.75, 3.05) is 13.1 Å². The molecular formula is C17H23N3OS. The van der Waals surface area contributed by atoms with Crippen molar-refractivity contribution in [3.8, 4) is 11.1 Å². The first-order chi connectivity index (χ1) is 10.7. The quantitative estimate of drug-likeness (QED) is 0.451. The minimum atomic E-state index is -0.242. The summed E-state index contributed by atoms with van der Waals surface area (Å²) in [5.41, 5.74) is 7.83. The number of benzene rings is 1. The highest BCUT2D eigenvalue weighted by Gasteiger charge is 2.24. The predicted molar refractivity (Wildman–Crippen MR) is 91.7 cm³/mol. The highest BCUT2D eigenvalue weighted by Crippen LogP contribution is 2.35. The highest BCUT2D eigenvalue weighted by atomic mass is 32.1. The molecule has 2 unspecified atom stereocenters. The van der Waals surface area contributed by atoms with Gasteiger partial charge in [-0.05, 0) is 48.9 Å². The number of hydrazine groups is 1. The minimum absolute atomic E-state index is 0.227. The second-order valence-electron chi connectivity index (χ2n) is 5.80. The van der Waals surface area contributed by atoms with Crippen LogP contribution in [0.25, 0.3) is 11.1 Å². The summed E-state index contributed by atoms with van der Waals surface area (Å²) >= 11 is 1.70. The van der Waals surface area contributed by atoms with Crippen LogP contribution in [0, 0.1) is 13.8 Å². The van der Waals surface area contributed by atoms with Crippen LogP contribution < -0.4 is 16.6 Å². The first kappa shape index (κ1) is 15.6. The number of thiophene rings is 1. The summed E-state index contributed by atoms with van der Waals surface area (Å²) in [5.74, 6) is 5.73. The van der Waals surface area contributed by atoms with Crippen molar-refractivity contribution >= 4 is 11.3 Å². The Labute approximate surface area is 135 Å². The molecule has 0 radical (unpaired) electrons. The maximum atomic E-state index is 6.11. The average Bonchev–Trinajstić information content (AvgIpc) is 3.16. The zero-order valence-corrected chi connectivity index (χ0v) is 13.9. The zero-order chi connectivity index (χ0) is 15.5. The third-order valence-corrected chi connectivity index (χ3v) is 5.30. The fourth-order valence-electron chi connectivity index (χ4n) is 2.82. The molecular weight excluding hydrogens is 294 g/mol. The maximum Gasteiger partial charge on any atom is 0.156 e. The van der Waals surface area contributed by atoms with Crippen molar-refractivity contribution in [1.29, 1.82) is 0 Å². The molecule has 5 heteroatoms. The summed E-state index contributed by atoms with van der Waals surface area (Å²) < 4.78 is 6.11. The van der Waals surface area contributed by atoms with E-state index in [9.17, 15) is 0 Å². The number of rotatable bonds is 5. The first-order valence-electron chi connectivity index (χ1n) is 7.66. The number of nitrogens with one attached hydrogen (secondary N) is 2. The molecule has 22 heavy (non-hydrogen) atoms. The first-order valence-corrected chi connectivity index (χ1v) is 8.54. The third kappa shape index (κ3) is 3.24. The normalized spacial score (nSPS) is 19.5. The van der Waals surface area contributed by atoms with E-state index in [4.69, 9.17) is 10.6 Å². The van der Waals surface area contributed by atoms with Gasteiger partial charge in [0.05, 0.1) is 11.0 Å². The van der Waals surface area contributed by atoms with Gasteiger partial charge in [-0.25, -0.2) is 5.43 Å². The van der Waals surface area contributed by atoms with Crippen LogP contribution in [0.5, 0.6) is 0 Å². The number of nitrogens with two attached hydrogens (primary N) is 1. The molecule has 0 aliphatic carbocycles. The van der Waals surface area contributed by atoms with Crippen LogP contribution in [0.3, 0.4) is 0 Å². The Morgan fingerprint density at radius 3 is 2.73 bits per heavy atom. The number of ether oxygens (including phenoxy) is 1. The molecule has 1 aromatic carbocycles. The zero-order valence-electron chi connectivity index (χ0n) is 13.1. The predicted octanol–water partition coefficient (Wildman–Crippen LogP) is 2.87. The van der Waals surface area contributed by atoms with Gasteiger partial charge in [-0.15, -0.1) is 11.3 Å². The van der Waals surface area contributed by atoms with E-state index in [0.717, 1.165) is 24.4 Å². The number of hydrogen-bond acceptors (Lipinski definition) is 5. The van der Waals surface area contributed by atoms with Crippen molar-refractivity contribution in [3.05, 3.63) is 45.6 Å². The molecule has 118 valence electrons. The second-order valence-corrected chi connectivity index (χ2v) is 6.71. The monoisotopic (exact) mass is 317 g/mol. The highest BCUT2D eigenvalue weighted by molar-refractivity contribution is 7.10. The van der Waals surface area contributed by atoms with Crippen LogP contribution in [-0.4, -0.2) is 19.2 Å². The van der Waals surface area contributed by atoms with Crippen molar-refractivity contribution in [1.82, 2.24) is 10.7 Å². The SMILES string of the molecule is Cc1ccc(-c2csc(C(NN)OC3CCNC3)c2C)cc1. The Hall–Kier alpha value is -1.24. The number of hydrogen-bond donors (Lipinski definition) is 3. The maximum absolute atomic E-state index is 6.11. The third-order valence-electron chi connectivity index (χ3n) is 4.17. The molecule has 1 saturated heterocycles. The summed E-state index contributed by atoms with van der Waals surface area (Å²) in [6.45, 7) is 6.16. The average molecular weight is 317 g/mol. The lowest BCUT2D eigenvalue weighted by Crippen LogP contribution is -2.33. The standard InChI is InChI=1S/C17H23N3OS/c1-11-3-5-13(6-4-11)15-10-22-16(12(15)2)17(20-18)21-14-7-8-19-9-14/h3-6,10,14,17,19-20H,7-9,18H2,1-2H3. The Kier molecular flexibility index (Phi) is 4.90. The molecule has 2 heterocycles. The van der Waals surface area contributed by atoms with Crippen molar-refractivity contribution in [2.24, 2.45) is 5.84 Å². The van der Waals surface area contributed by atoms with Crippen LogP contribution in [0.15, 0.2) is 29.6 Å². The van der Waals surface area contributed by atoms with Crippen molar-refractivity contribution in [3.63, 3.8) is 0 Å². The van der Waals surface area contributed by atoms with Gasteiger partial charge in [-0.2, -0.15) is 0 Å². The van der Waals surface area contributed by atoms with E-state index in [1.165, 1.54) is 22.3 Å². The molecule has 0 spiro atoms. The second kappa shape index (κ2) is 6.89. The van der Waals surface area contributed by atoms with Crippen molar-refractivity contribution < 1.29 is 4.74 Å². The van der Waals surface area contributed by atoms with Gasteiger partial charge in [-0.1, -0.05) is 29.8 Å². The molecule has 2 atom stereocenters. The topological polar surface area (TPSA) is 59.3 Å². The van der Waals surface area contributed by atoms with E-state index in [1.54, 1.807) is 11.3 Å². The van der Waals surface area contributed by atoms with E-state index < -0.39 is 0 Å². The summed E-state index contributed by atoms with van der Waals surface area (Å²) in [6, 6.07) is 8.62. The molecule has 4 nitrogen and oxygen atoms in total. The van der Waals surface area contributed by atoms with E-state index in [-0.39, 0.29) is 12.3 Å². The van der Waals surface area contributed by atoms with Gasteiger partial charge in [0.1, 0.15) is 0 Å². The molecule has 1 aliphatic rings. The summed E-state index contributed by atoms with van der Waals surface area (Å²) in [6.07, 6.45) is 1.02. The lowest BCUT2D eigenvalue weighted by Gasteiger charge is -2.21. The lowest BCUT2D eigenvalue weighted by molar-refractivity contribution is -0.0203. The molecule has 0 bridgehead atoms. The van der Waals surface area contributed by atoms with E-state index in [0.29, 0.717) is 0 Å². The van der Waals surface area contributed by atoms with Crippen molar-refractivity contribution in [2.45, 2.75) is 32.6 Å². The Balaban J connectivity index is 1.83. The Bertz CT molecular complexity index is 617. The van der Waals surface area contributed by atoms with Crippen LogP contribution >= 0.6 is 11.3 Å². The van der Waals surface area contributed by atoms with E-state index in [2.05, 4.69) is 54.2 Å². The van der Waals surface area contributed by atoms with Gasteiger partial charge in [0, 0.05) is 6.54 Å². The molecule has 1 aromatic heterocycles. The van der Waals surface area contributed by atoms with Crippen LogP contribution in [-0.2, 0) is 4.74 Å². The minimum Gasteiger partial charge on any atom is -0.352 e. The smallest absolute Gasteiger partial charge is 0.156 e. The fourth-order valence-corrected chi connectivity index (χ4v) is 3.91.